The van der Waals surface area contributed by atoms with Crippen molar-refractivity contribution in [2.75, 3.05) is 11.5 Å². The largest absolute Gasteiger partial charge is 0.311 e. The Bertz CT molecular complexity index is 266. The fraction of sp³-hybridized carbons (Fsp3) is 1.00. The molecule has 1 N–H and O–H groups in total. The van der Waals surface area contributed by atoms with Gasteiger partial charge in [0.15, 0.2) is 0 Å². The van der Waals surface area contributed by atoms with Crippen molar-refractivity contribution in [3.05, 3.63) is 0 Å². The van der Waals surface area contributed by atoms with Crippen LogP contribution in [0, 0.1) is 0 Å². The van der Waals surface area contributed by atoms with Gasteiger partial charge in [-0.15, -0.1) is 0 Å². The zero-order valence-electron chi connectivity index (χ0n) is 8.54. The van der Waals surface area contributed by atoms with Crippen LogP contribution in [-0.4, -0.2) is 32.0 Å². The van der Waals surface area contributed by atoms with Crippen molar-refractivity contribution in [3.8, 4) is 0 Å². The molecule has 1 heterocycles. The highest BCUT2D eigenvalue weighted by Crippen LogP contribution is 2.20. The van der Waals surface area contributed by atoms with E-state index in [9.17, 15) is 8.42 Å². The van der Waals surface area contributed by atoms with Crippen molar-refractivity contribution in [3.63, 3.8) is 0 Å². The van der Waals surface area contributed by atoms with E-state index in [0.29, 0.717) is 23.6 Å². The average Bonchev–Trinajstić information content (AvgIpc) is 2.61. The lowest BCUT2D eigenvalue weighted by atomic mass is 10.1. The molecule has 1 aliphatic heterocycles. The summed E-state index contributed by atoms with van der Waals surface area (Å²) in [5.74, 6) is 0.773. The van der Waals surface area contributed by atoms with E-state index in [1.165, 1.54) is 25.7 Å². The van der Waals surface area contributed by atoms with Gasteiger partial charge in [0.1, 0.15) is 9.84 Å². The predicted molar refractivity (Wildman–Crippen MR) is 57.1 cm³/mol. The first-order valence-electron chi connectivity index (χ1n) is 5.62. The summed E-state index contributed by atoms with van der Waals surface area (Å²) < 4.78 is 22.4. The Morgan fingerprint density at radius 2 is 1.36 bits per heavy atom. The first-order valence-corrected chi connectivity index (χ1v) is 7.44. The van der Waals surface area contributed by atoms with E-state index in [0.717, 1.165) is 12.8 Å². The zero-order chi connectivity index (χ0) is 10.0. The van der Waals surface area contributed by atoms with Crippen LogP contribution in [0.15, 0.2) is 0 Å². The zero-order valence-corrected chi connectivity index (χ0v) is 9.35. The summed E-state index contributed by atoms with van der Waals surface area (Å²) in [5, 5.41) is 3.59. The van der Waals surface area contributed by atoms with Crippen molar-refractivity contribution in [2.24, 2.45) is 0 Å². The van der Waals surface area contributed by atoms with Gasteiger partial charge in [0.05, 0.1) is 11.5 Å². The van der Waals surface area contributed by atoms with E-state index in [4.69, 9.17) is 0 Å². The number of hydrogen-bond acceptors (Lipinski definition) is 3. The fourth-order valence-corrected chi connectivity index (χ4v) is 3.97. The molecule has 82 valence electrons. The van der Waals surface area contributed by atoms with Crippen LogP contribution in [0.1, 0.15) is 38.5 Å². The number of nitrogens with one attached hydrogen (secondary N) is 1. The minimum absolute atomic E-state index is 0.386. The number of sulfone groups is 1. The van der Waals surface area contributed by atoms with E-state index in [1.54, 1.807) is 0 Å². The van der Waals surface area contributed by atoms with Crippen LogP contribution in [0.4, 0.5) is 0 Å². The van der Waals surface area contributed by atoms with Crippen LogP contribution < -0.4 is 5.32 Å². The van der Waals surface area contributed by atoms with Gasteiger partial charge >= 0.3 is 0 Å². The monoisotopic (exact) mass is 217 g/mol. The van der Waals surface area contributed by atoms with E-state index < -0.39 is 9.84 Å². The molecule has 1 aliphatic carbocycles. The molecule has 0 radical (unpaired) electrons. The minimum atomic E-state index is -2.69. The van der Waals surface area contributed by atoms with E-state index in [2.05, 4.69) is 5.32 Å². The summed E-state index contributed by atoms with van der Waals surface area (Å²) in [6.45, 7) is 0. The molecule has 0 amide bonds. The van der Waals surface area contributed by atoms with E-state index in [1.807, 2.05) is 0 Å². The molecule has 1 saturated heterocycles. The molecular weight excluding hydrogens is 198 g/mol. The van der Waals surface area contributed by atoms with Crippen LogP contribution in [0.25, 0.3) is 0 Å². The summed E-state index contributed by atoms with van der Waals surface area (Å²) in [7, 11) is -2.69. The topological polar surface area (TPSA) is 46.2 Å². The Kier molecular flexibility index (Phi) is 3.12. The summed E-state index contributed by atoms with van der Waals surface area (Å²) >= 11 is 0. The SMILES string of the molecule is O=S1(=O)CCC(NC2CCCC2)CC1. The standard InChI is InChI=1S/C10H19NO2S/c12-14(13)7-5-10(6-8-14)11-9-3-1-2-4-9/h9-11H,1-8H2. The highest BCUT2D eigenvalue weighted by atomic mass is 32.2. The molecule has 3 nitrogen and oxygen atoms in total. The summed E-state index contributed by atoms with van der Waals surface area (Å²) in [6.07, 6.45) is 6.87. The molecule has 0 aromatic carbocycles. The Morgan fingerprint density at radius 3 is 1.93 bits per heavy atom. The van der Waals surface area contributed by atoms with Crippen molar-refractivity contribution in [1.82, 2.24) is 5.32 Å². The van der Waals surface area contributed by atoms with Gasteiger partial charge in [-0.3, -0.25) is 0 Å². The Morgan fingerprint density at radius 1 is 0.857 bits per heavy atom. The first kappa shape index (κ1) is 10.4. The summed E-state index contributed by atoms with van der Waals surface area (Å²) in [5.41, 5.74) is 0. The lowest BCUT2D eigenvalue weighted by Crippen LogP contribution is -2.42. The van der Waals surface area contributed by atoms with Gasteiger partial charge in [0.25, 0.3) is 0 Å². The van der Waals surface area contributed by atoms with Gasteiger partial charge in [0.2, 0.25) is 0 Å². The molecule has 4 heteroatoms. The van der Waals surface area contributed by atoms with Gasteiger partial charge in [-0.2, -0.15) is 0 Å². The molecule has 0 spiro atoms. The van der Waals surface area contributed by atoms with Crippen molar-refractivity contribution in [2.45, 2.75) is 50.6 Å². The minimum Gasteiger partial charge on any atom is -0.311 e. The highest BCUT2D eigenvalue weighted by Gasteiger charge is 2.26. The van der Waals surface area contributed by atoms with Crippen molar-refractivity contribution < 1.29 is 8.42 Å². The average molecular weight is 217 g/mol. The van der Waals surface area contributed by atoms with Gasteiger partial charge in [0, 0.05) is 12.1 Å². The molecule has 2 rings (SSSR count). The van der Waals surface area contributed by atoms with Crippen LogP contribution in [0.3, 0.4) is 0 Å². The Hall–Kier alpha value is -0.0900. The molecule has 0 aromatic heterocycles. The van der Waals surface area contributed by atoms with Gasteiger partial charge in [-0.1, -0.05) is 12.8 Å². The smallest absolute Gasteiger partial charge is 0.150 e. The van der Waals surface area contributed by atoms with Gasteiger partial charge in [-0.05, 0) is 25.7 Å². The second kappa shape index (κ2) is 4.19. The third-order valence-electron chi connectivity index (χ3n) is 3.38. The van der Waals surface area contributed by atoms with Crippen molar-refractivity contribution >= 4 is 9.84 Å². The van der Waals surface area contributed by atoms with Crippen LogP contribution >= 0.6 is 0 Å². The molecule has 0 aromatic rings. The molecule has 0 unspecified atom stereocenters. The third-order valence-corrected chi connectivity index (χ3v) is 5.10. The maximum atomic E-state index is 11.2. The molecule has 1 saturated carbocycles. The lowest BCUT2D eigenvalue weighted by Gasteiger charge is -2.26. The first-order chi connectivity index (χ1) is 6.66. The molecule has 14 heavy (non-hydrogen) atoms. The maximum absolute atomic E-state index is 11.2. The molecule has 0 bridgehead atoms. The summed E-state index contributed by atoms with van der Waals surface area (Å²) in [6, 6.07) is 1.13. The van der Waals surface area contributed by atoms with E-state index >= 15 is 0 Å². The second-order valence-electron chi connectivity index (χ2n) is 4.57. The van der Waals surface area contributed by atoms with Crippen LogP contribution in [0.5, 0.6) is 0 Å². The lowest BCUT2D eigenvalue weighted by molar-refractivity contribution is 0.402. The fourth-order valence-electron chi connectivity index (χ4n) is 2.48. The van der Waals surface area contributed by atoms with Gasteiger partial charge in [-0.25, -0.2) is 8.42 Å². The van der Waals surface area contributed by atoms with Crippen LogP contribution in [-0.2, 0) is 9.84 Å². The molecule has 2 fully saturated rings. The third kappa shape index (κ3) is 2.70. The Balaban J connectivity index is 1.78. The quantitative estimate of drug-likeness (QED) is 0.753. The second-order valence-corrected chi connectivity index (χ2v) is 6.88. The summed E-state index contributed by atoms with van der Waals surface area (Å²) in [4.78, 5) is 0. The molecule has 0 atom stereocenters. The number of rotatable bonds is 2. The number of hydrogen-bond donors (Lipinski definition) is 1. The maximum Gasteiger partial charge on any atom is 0.150 e. The van der Waals surface area contributed by atoms with E-state index in [-0.39, 0.29) is 0 Å². The highest BCUT2D eigenvalue weighted by molar-refractivity contribution is 7.91. The van der Waals surface area contributed by atoms with Gasteiger partial charge < -0.3 is 5.32 Å². The van der Waals surface area contributed by atoms with Crippen LogP contribution in [0.2, 0.25) is 0 Å². The normalized spacial score (nSPS) is 29.4. The predicted octanol–water partition coefficient (Wildman–Crippen LogP) is 1.10. The molecular formula is C10H19NO2S. The van der Waals surface area contributed by atoms with Crippen molar-refractivity contribution in [1.29, 1.82) is 0 Å². The molecule has 2 aliphatic rings. The Labute approximate surface area is 86.2 Å².